The number of carbonyl (C=O) groups is 1. The van der Waals surface area contributed by atoms with Crippen LogP contribution in [0.25, 0.3) is 0 Å². The smallest absolute Gasteiger partial charge is 0.335 e. The summed E-state index contributed by atoms with van der Waals surface area (Å²) in [5.41, 5.74) is 1.04. The minimum atomic E-state index is -3.97. The van der Waals surface area contributed by atoms with E-state index in [4.69, 9.17) is 9.84 Å². The van der Waals surface area contributed by atoms with Crippen molar-refractivity contribution in [3.05, 3.63) is 53.6 Å². The lowest BCUT2D eigenvalue weighted by Crippen LogP contribution is -2.15. The van der Waals surface area contributed by atoms with Crippen molar-refractivity contribution >= 4 is 21.7 Å². The Morgan fingerprint density at radius 3 is 2.45 bits per heavy atom. The number of hydrogen-bond acceptors (Lipinski definition) is 4. The van der Waals surface area contributed by atoms with Gasteiger partial charge in [0.2, 0.25) is 0 Å². The summed E-state index contributed by atoms with van der Waals surface area (Å²) >= 11 is 0. The number of aromatic carboxylic acids is 1. The van der Waals surface area contributed by atoms with Crippen LogP contribution >= 0.6 is 0 Å². The van der Waals surface area contributed by atoms with Crippen LogP contribution in [0.15, 0.2) is 47.4 Å². The maximum absolute atomic E-state index is 12.5. The summed E-state index contributed by atoms with van der Waals surface area (Å²) < 4.78 is 32.5. The number of aryl methyl sites for hydroxylation is 1. The van der Waals surface area contributed by atoms with Gasteiger partial charge in [-0.1, -0.05) is 18.2 Å². The molecule has 0 heterocycles. The first-order chi connectivity index (χ1) is 10.3. The Morgan fingerprint density at radius 2 is 1.86 bits per heavy atom. The highest BCUT2D eigenvalue weighted by Gasteiger charge is 2.22. The maximum Gasteiger partial charge on any atom is 0.335 e. The number of methoxy groups -OCH3 is 1. The summed E-state index contributed by atoms with van der Waals surface area (Å²) in [4.78, 5) is 10.8. The van der Waals surface area contributed by atoms with Gasteiger partial charge < -0.3 is 9.84 Å². The minimum Gasteiger partial charge on any atom is -0.495 e. The van der Waals surface area contributed by atoms with Crippen LogP contribution in [0.2, 0.25) is 0 Å². The predicted octanol–water partition coefficient (Wildman–Crippen LogP) is 2.50. The van der Waals surface area contributed by atoms with E-state index in [0.29, 0.717) is 5.69 Å². The number of anilines is 1. The molecule has 0 aromatic heterocycles. The quantitative estimate of drug-likeness (QED) is 0.882. The Hall–Kier alpha value is -2.54. The van der Waals surface area contributed by atoms with E-state index in [1.54, 1.807) is 31.2 Å². The van der Waals surface area contributed by atoms with Gasteiger partial charge >= 0.3 is 5.97 Å². The number of hydrogen-bond donors (Lipinski definition) is 2. The molecule has 0 aliphatic heterocycles. The summed E-state index contributed by atoms with van der Waals surface area (Å²) in [7, 11) is -2.65. The van der Waals surface area contributed by atoms with Crippen LogP contribution in [-0.2, 0) is 10.0 Å². The van der Waals surface area contributed by atoms with Crippen LogP contribution in [0.5, 0.6) is 5.75 Å². The molecule has 2 aromatic carbocycles. The molecule has 0 aliphatic rings. The van der Waals surface area contributed by atoms with Crippen molar-refractivity contribution in [2.24, 2.45) is 0 Å². The van der Waals surface area contributed by atoms with Crippen molar-refractivity contribution in [1.29, 1.82) is 0 Å². The lowest BCUT2D eigenvalue weighted by Gasteiger charge is -2.13. The molecule has 0 amide bonds. The molecule has 0 atom stereocenters. The van der Waals surface area contributed by atoms with Crippen molar-refractivity contribution in [2.45, 2.75) is 11.8 Å². The molecule has 6 nitrogen and oxygen atoms in total. The van der Waals surface area contributed by atoms with Crippen LogP contribution < -0.4 is 9.46 Å². The number of carboxylic acids is 1. The molecular formula is C15H15NO5S. The summed E-state index contributed by atoms with van der Waals surface area (Å²) in [6.07, 6.45) is 0. The largest absolute Gasteiger partial charge is 0.495 e. The summed E-state index contributed by atoms with van der Waals surface area (Å²) in [6, 6.07) is 10.6. The Kier molecular flexibility index (Phi) is 4.37. The van der Waals surface area contributed by atoms with E-state index in [1.165, 1.54) is 19.2 Å². The number of rotatable bonds is 5. The number of nitrogens with one attached hydrogen (secondary N) is 1. The van der Waals surface area contributed by atoms with E-state index in [2.05, 4.69) is 4.72 Å². The second kappa shape index (κ2) is 6.07. The lowest BCUT2D eigenvalue weighted by atomic mass is 10.2. The molecule has 22 heavy (non-hydrogen) atoms. The van der Waals surface area contributed by atoms with Gasteiger partial charge in [-0.3, -0.25) is 4.72 Å². The fourth-order valence-electron chi connectivity index (χ4n) is 1.91. The molecule has 7 heteroatoms. The predicted molar refractivity (Wildman–Crippen MR) is 81.9 cm³/mol. The molecular weight excluding hydrogens is 306 g/mol. The van der Waals surface area contributed by atoms with E-state index < -0.39 is 16.0 Å². The van der Waals surface area contributed by atoms with Crippen LogP contribution in [0.1, 0.15) is 15.9 Å². The zero-order valence-corrected chi connectivity index (χ0v) is 12.8. The second-order valence-electron chi connectivity index (χ2n) is 4.59. The monoisotopic (exact) mass is 321 g/mol. The van der Waals surface area contributed by atoms with Crippen molar-refractivity contribution in [3.8, 4) is 5.75 Å². The van der Waals surface area contributed by atoms with Gasteiger partial charge in [0, 0.05) is 0 Å². The first-order valence-electron chi connectivity index (χ1n) is 6.35. The van der Waals surface area contributed by atoms with Crippen molar-refractivity contribution in [3.63, 3.8) is 0 Å². The van der Waals surface area contributed by atoms with E-state index in [9.17, 15) is 13.2 Å². The van der Waals surface area contributed by atoms with Gasteiger partial charge in [0.15, 0.2) is 0 Å². The zero-order valence-electron chi connectivity index (χ0n) is 12.0. The number of ether oxygens (including phenoxy) is 1. The highest BCUT2D eigenvalue weighted by atomic mass is 32.2. The molecule has 2 N–H and O–H groups in total. The zero-order chi connectivity index (χ0) is 16.3. The lowest BCUT2D eigenvalue weighted by molar-refractivity contribution is 0.0696. The molecule has 0 bridgehead atoms. The average molecular weight is 321 g/mol. The Balaban J connectivity index is 2.51. The third kappa shape index (κ3) is 3.20. The summed E-state index contributed by atoms with van der Waals surface area (Å²) in [5, 5.41) is 9.02. The van der Waals surface area contributed by atoms with E-state index in [1.807, 2.05) is 0 Å². The molecule has 0 fully saturated rings. The number of para-hydroxylation sites is 1. The molecule has 0 spiro atoms. The van der Waals surface area contributed by atoms with Gasteiger partial charge in [-0.2, -0.15) is 0 Å². The van der Waals surface area contributed by atoms with Gasteiger partial charge in [-0.05, 0) is 36.8 Å². The molecule has 0 unspecified atom stereocenters. The van der Waals surface area contributed by atoms with Gasteiger partial charge in [-0.15, -0.1) is 0 Å². The number of benzene rings is 2. The number of sulfonamides is 1. The third-order valence-electron chi connectivity index (χ3n) is 3.09. The molecule has 2 aromatic rings. The fourth-order valence-corrected chi connectivity index (χ4v) is 3.23. The molecule has 0 saturated heterocycles. The average Bonchev–Trinajstić information content (AvgIpc) is 2.48. The normalized spacial score (nSPS) is 11.0. The fraction of sp³-hybridized carbons (Fsp3) is 0.133. The molecule has 0 aliphatic carbocycles. The minimum absolute atomic E-state index is 0.0751. The summed E-state index contributed by atoms with van der Waals surface area (Å²) in [5.74, 6) is -1.14. The van der Waals surface area contributed by atoms with Crippen molar-refractivity contribution in [2.75, 3.05) is 11.8 Å². The van der Waals surface area contributed by atoms with Crippen molar-refractivity contribution < 1.29 is 23.1 Å². The topological polar surface area (TPSA) is 92.7 Å². The molecule has 0 radical (unpaired) electrons. The van der Waals surface area contributed by atoms with E-state index >= 15 is 0 Å². The molecule has 116 valence electrons. The Bertz CT molecular complexity index is 814. The van der Waals surface area contributed by atoms with Gasteiger partial charge in [0.1, 0.15) is 10.6 Å². The summed E-state index contributed by atoms with van der Waals surface area (Å²) in [6.45, 7) is 1.77. The molecule has 2 rings (SSSR count). The Morgan fingerprint density at radius 1 is 1.18 bits per heavy atom. The SMILES string of the molecule is COc1ccc(C(=O)O)cc1S(=O)(=O)Nc1ccccc1C. The van der Waals surface area contributed by atoms with E-state index in [-0.39, 0.29) is 16.2 Å². The Labute approximate surface area is 128 Å². The number of carboxylic acid groups (broad SMARTS) is 1. The van der Waals surface area contributed by atoms with Crippen molar-refractivity contribution in [1.82, 2.24) is 0 Å². The second-order valence-corrected chi connectivity index (χ2v) is 6.24. The van der Waals surface area contributed by atoms with Gasteiger partial charge in [0.25, 0.3) is 10.0 Å². The van der Waals surface area contributed by atoms with Crippen LogP contribution in [0.3, 0.4) is 0 Å². The molecule has 0 saturated carbocycles. The standard InChI is InChI=1S/C15H15NO5S/c1-10-5-3-4-6-12(10)16-22(19,20)14-9-11(15(17)18)7-8-13(14)21-2/h3-9,16H,1-2H3,(H,17,18). The van der Waals surface area contributed by atoms with Gasteiger partial charge in [0.05, 0.1) is 18.4 Å². The first kappa shape index (κ1) is 15.8. The van der Waals surface area contributed by atoms with Gasteiger partial charge in [-0.25, -0.2) is 13.2 Å². The van der Waals surface area contributed by atoms with E-state index in [0.717, 1.165) is 11.6 Å². The highest BCUT2D eigenvalue weighted by Crippen LogP contribution is 2.27. The van der Waals surface area contributed by atoms with Crippen LogP contribution in [0.4, 0.5) is 5.69 Å². The third-order valence-corrected chi connectivity index (χ3v) is 4.48. The van der Waals surface area contributed by atoms with Crippen LogP contribution in [0, 0.1) is 6.92 Å². The van der Waals surface area contributed by atoms with Crippen LogP contribution in [-0.4, -0.2) is 26.6 Å². The first-order valence-corrected chi connectivity index (χ1v) is 7.83. The highest BCUT2D eigenvalue weighted by molar-refractivity contribution is 7.92. The maximum atomic E-state index is 12.5.